The third kappa shape index (κ3) is 3.86. The number of rotatable bonds is 5. The number of para-hydroxylation sites is 1. The highest BCUT2D eigenvalue weighted by Gasteiger charge is 2.13. The van der Waals surface area contributed by atoms with Gasteiger partial charge in [-0.25, -0.2) is 0 Å². The summed E-state index contributed by atoms with van der Waals surface area (Å²) in [5.41, 5.74) is 1.34. The lowest BCUT2D eigenvalue weighted by atomic mass is 10.1. The summed E-state index contributed by atoms with van der Waals surface area (Å²) in [5, 5.41) is 15.3. The molecule has 0 radical (unpaired) electrons. The molecule has 1 N–H and O–H groups in total. The number of hydrogen-bond acceptors (Lipinski definition) is 3. The van der Waals surface area contributed by atoms with Crippen molar-refractivity contribution in [3.8, 4) is 0 Å². The second-order valence-electron chi connectivity index (χ2n) is 4.31. The Morgan fingerprint density at radius 1 is 1.00 bits per heavy atom. The quantitative estimate of drug-likeness (QED) is 0.479. The molecule has 0 bridgehead atoms. The Bertz CT molecular complexity index is 677. The molecule has 0 aliphatic heterocycles. The van der Waals surface area contributed by atoms with Gasteiger partial charge in [-0.2, -0.15) is 0 Å². The fourth-order valence-corrected chi connectivity index (χ4v) is 2.57. The van der Waals surface area contributed by atoms with Crippen LogP contribution in [0.15, 0.2) is 36.4 Å². The van der Waals surface area contributed by atoms with E-state index in [9.17, 15) is 10.1 Å². The second kappa shape index (κ2) is 7.09. The molecule has 0 spiro atoms. The second-order valence-corrected chi connectivity index (χ2v) is 5.50. The highest BCUT2D eigenvalue weighted by atomic mass is 35.5. The first-order chi connectivity index (χ1) is 10.0. The maximum absolute atomic E-state index is 10.9. The minimum absolute atomic E-state index is 0.0771. The first-order valence-corrected chi connectivity index (χ1v) is 7.19. The van der Waals surface area contributed by atoms with Crippen molar-refractivity contribution in [2.24, 2.45) is 0 Å². The van der Waals surface area contributed by atoms with Gasteiger partial charge in [0.1, 0.15) is 0 Å². The number of nitrogens with zero attached hydrogens (tertiary/aromatic N) is 1. The molecule has 21 heavy (non-hydrogen) atoms. The van der Waals surface area contributed by atoms with Gasteiger partial charge in [0.25, 0.3) is 5.69 Å². The van der Waals surface area contributed by atoms with Gasteiger partial charge in [0, 0.05) is 35.3 Å². The molecule has 2 rings (SSSR count). The fraction of sp³-hybridized carbons (Fsp3) is 0.143. The van der Waals surface area contributed by atoms with Crippen molar-refractivity contribution in [2.45, 2.75) is 13.1 Å². The molecule has 0 heterocycles. The van der Waals surface area contributed by atoms with Gasteiger partial charge < -0.3 is 5.32 Å². The van der Waals surface area contributed by atoms with Crippen LogP contribution in [-0.2, 0) is 13.1 Å². The molecule has 0 aliphatic rings. The van der Waals surface area contributed by atoms with Crippen LogP contribution in [0.1, 0.15) is 11.1 Å². The van der Waals surface area contributed by atoms with E-state index in [4.69, 9.17) is 34.8 Å². The predicted molar refractivity (Wildman–Crippen MR) is 85.1 cm³/mol. The molecule has 0 saturated carbocycles. The van der Waals surface area contributed by atoms with Gasteiger partial charge in [0.2, 0.25) is 0 Å². The lowest BCUT2D eigenvalue weighted by Gasteiger charge is -2.10. The molecule has 0 saturated heterocycles. The zero-order valence-electron chi connectivity index (χ0n) is 10.8. The van der Waals surface area contributed by atoms with E-state index in [0.717, 1.165) is 0 Å². The first kappa shape index (κ1) is 16.0. The van der Waals surface area contributed by atoms with Crippen LogP contribution in [-0.4, -0.2) is 4.92 Å². The average Bonchev–Trinajstić information content (AvgIpc) is 2.47. The van der Waals surface area contributed by atoms with E-state index in [1.165, 1.54) is 6.07 Å². The highest BCUT2D eigenvalue weighted by Crippen LogP contribution is 2.31. The molecule has 0 aliphatic carbocycles. The number of nitro benzene ring substituents is 1. The van der Waals surface area contributed by atoms with Crippen LogP contribution >= 0.6 is 34.8 Å². The molecule has 0 aromatic heterocycles. The van der Waals surface area contributed by atoms with Crippen LogP contribution in [0.4, 0.5) is 5.69 Å². The van der Waals surface area contributed by atoms with Gasteiger partial charge in [0.15, 0.2) is 0 Å². The molecular weight excluding hydrogens is 335 g/mol. The number of halogens is 3. The third-order valence-electron chi connectivity index (χ3n) is 2.94. The molecule has 7 heteroatoms. The minimum atomic E-state index is -0.406. The topological polar surface area (TPSA) is 55.2 Å². The zero-order valence-corrected chi connectivity index (χ0v) is 13.0. The largest absolute Gasteiger partial charge is 0.308 e. The zero-order chi connectivity index (χ0) is 15.4. The first-order valence-electron chi connectivity index (χ1n) is 6.06. The minimum Gasteiger partial charge on any atom is -0.308 e. The summed E-state index contributed by atoms with van der Waals surface area (Å²) in [6, 6.07) is 9.84. The summed E-state index contributed by atoms with van der Waals surface area (Å²) < 4.78 is 0. The number of benzene rings is 2. The molecule has 0 unspecified atom stereocenters. The number of hydrogen-bond donors (Lipinski definition) is 1. The van der Waals surface area contributed by atoms with Gasteiger partial charge in [-0.05, 0) is 12.1 Å². The number of nitrogens with one attached hydrogen (secondary N) is 1. The van der Waals surface area contributed by atoms with Crippen LogP contribution in [0.25, 0.3) is 0 Å². The average molecular weight is 346 g/mol. The summed E-state index contributed by atoms with van der Waals surface area (Å²) in [7, 11) is 0. The van der Waals surface area contributed by atoms with E-state index in [1.807, 2.05) is 0 Å². The predicted octanol–water partition coefficient (Wildman–Crippen LogP) is 4.84. The van der Waals surface area contributed by atoms with E-state index in [-0.39, 0.29) is 5.69 Å². The monoisotopic (exact) mass is 344 g/mol. The molecule has 2 aromatic carbocycles. The van der Waals surface area contributed by atoms with Gasteiger partial charge in [0.05, 0.1) is 15.0 Å². The van der Waals surface area contributed by atoms with Crippen molar-refractivity contribution in [1.29, 1.82) is 0 Å². The Morgan fingerprint density at radius 2 is 1.67 bits per heavy atom. The summed E-state index contributed by atoms with van der Waals surface area (Å²) in [4.78, 5) is 10.5. The third-order valence-corrected chi connectivity index (χ3v) is 4.14. The standard InChI is InChI=1S/C14H11Cl3N2O2/c15-11-5-6-12(16)14(17)10(11)8-18-7-9-3-1-2-4-13(9)19(20)21/h1-6,18H,7-8H2. The van der Waals surface area contributed by atoms with Crippen molar-refractivity contribution in [3.63, 3.8) is 0 Å². The Kier molecular flexibility index (Phi) is 5.42. The lowest BCUT2D eigenvalue weighted by Crippen LogP contribution is -2.14. The van der Waals surface area contributed by atoms with Crippen molar-refractivity contribution >= 4 is 40.5 Å². The summed E-state index contributed by atoms with van der Waals surface area (Å²) in [6.45, 7) is 0.695. The van der Waals surface area contributed by atoms with Crippen LogP contribution in [0.2, 0.25) is 15.1 Å². The molecule has 0 atom stereocenters. The maximum Gasteiger partial charge on any atom is 0.273 e. The van der Waals surface area contributed by atoms with Crippen LogP contribution in [0, 0.1) is 10.1 Å². The SMILES string of the molecule is O=[N+]([O-])c1ccccc1CNCc1c(Cl)ccc(Cl)c1Cl. The van der Waals surface area contributed by atoms with Crippen LogP contribution < -0.4 is 5.32 Å². The fourth-order valence-electron chi connectivity index (χ4n) is 1.89. The van der Waals surface area contributed by atoms with E-state index < -0.39 is 4.92 Å². The Hall–Kier alpha value is -1.33. The summed E-state index contributed by atoms with van der Waals surface area (Å²) in [5.74, 6) is 0. The lowest BCUT2D eigenvalue weighted by molar-refractivity contribution is -0.385. The molecule has 110 valence electrons. The van der Waals surface area contributed by atoms with Gasteiger partial charge in [-0.15, -0.1) is 0 Å². The Labute approximate surface area is 136 Å². The number of nitro groups is 1. The highest BCUT2D eigenvalue weighted by molar-refractivity contribution is 6.44. The smallest absolute Gasteiger partial charge is 0.273 e. The van der Waals surface area contributed by atoms with E-state index in [0.29, 0.717) is 39.3 Å². The summed E-state index contributed by atoms with van der Waals surface area (Å²) >= 11 is 18.1. The van der Waals surface area contributed by atoms with Crippen LogP contribution in [0.5, 0.6) is 0 Å². The van der Waals surface area contributed by atoms with E-state index >= 15 is 0 Å². The molecule has 2 aromatic rings. The van der Waals surface area contributed by atoms with Crippen molar-refractivity contribution in [2.75, 3.05) is 0 Å². The van der Waals surface area contributed by atoms with Crippen molar-refractivity contribution in [3.05, 3.63) is 72.7 Å². The van der Waals surface area contributed by atoms with E-state index in [2.05, 4.69) is 5.32 Å². The Balaban J connectivity index is 2.09. The molecule has 4 nitrogen and oxygen atoms in total. The molecule has 0 amide bonds. The van der Waals surface area contributed by atoms with Crippen molar-refractivity contribution in [1.82, 2.24) is 5.32 Å². The summed E-state index contributed by atoms with van der Waals surface area (Å²) in [6.07, 6.45) is 0. The van der Waals surface area contributed by atoms with Gasteiger partial charge >= 0.3 is 0 Å². The maximum atomic E-state index is 10.9. The normalized spacial score (nSPS) is 10.6. The van der Waals surface area contributed by atoms with Gasteiger partial charge in [-0.1, -0.05) is 53.0 Å². The molecule has 0 fully saturated rings. The van der Waals surface area contributed by atoms with E-state index in [1.54, 1.807) is 30.3 Å². The van der Waals surface area contributed by atoms with Crippen molar-refractivity contribution < 1.29 is 4.92 Å². The Morgan fingerprint density at radius 3 is 2.38 bits per heavy atom. The van der Waals surface area contributed by atoms with Gasteiger partial charge in [-0.3, -0.25) is 10.1 Å². The molecular formula is C14H11Cl3N2O2. The van der Waals surface area contributed by atoms with Crippen LogP contribution in [0.3, 0.4) is 0 Å².